The molecule has 4 heterocycles. The Kier molecular flexibility index (Phi) is 5.32. The van der Waals surface area contributed by atoms with Gasteiger partial charge in [-0.05, 0) is 36.2 Å². The van der Waals surface area contributed by atoms with Crippen LogP contribution >= 0.6 is 0 Å². The summed E-state index contributed by atoms with van der Waals surface area (Å²) in [6.07, 6.45) is 4.81. The van der Waals surface area contributed by atoms with E-state index in [9.17, 15) is 18.3 Å². The largest absolute Gasteiger partial charge is 0.392 e. The first-order chi connectivity index (χ1) is 15.2. The van der Waals surface area contributed by atoms with Gasteiger partial charge in [-0.15, -0.1) is 0 Å². The van der Waals surface area contributed by atoms with Crippen molar-refractivity contribution in [2.75, 3.05) is 39.0 Å². The van der Waals surface area contributed by atoms with Gasteiger partial charge in [0.15, 0.2) is 9.84 Å². The van der Waals surface area contributed by atoms with Crippen LogP contribution in [0.1, 0.15) is 22.3 Å². The summed E-state index contributed by atoms with van der Waals surface area (Å²) in [5.74, 6) is -0.00618. The van der Waals surface area contributed by atoms with Crippen molar-refractivity contribution in [3.05, 3.63) is 59.9 Å². The molecule has 9 heteroatoms. The van der Waals surface area contributed by atoms with Gasteiger partial charge in [-0.1, -0.05) is 12.1 Å². The molecule has 8 nitrogen and oxygen atoms in total. The number of rotatable bonds is 4. The van der Waals surface area contributed by atoms with Gasteiger partial charge in [0, 0.05) is 64.0 Å². The highest BCUT2D eigenvalue weighted by molar-refractivity contribution is 7.90. The first kappa shape index (κ1) is 21.5. The number of aliphatic hydroxyl groups is 1. The number of benzene rings is 1. The number of piperazine rings is 1. The van der Waals surface area contributed by atoms with Gasteiger partial charge >= 0.3 is 0 Å². The summed E-state index contributed by atoms with van der Waals surface area (Å²) in [6.45, 7) is 4.24. The number of hydrogen-bond donors (Lipinski definition) is 1. The Bertz CT molecular complexity index is 1100. The Labute approximate surface area is 188 Å². The van der Waals surface area contributed by atoms with E-state index in [1.54, 1.807) is 36.7 Å². The number of sulfone groups is 1. The number of pyridine rings is 1. The molecule has 3 fully saturated rings. The number of carbonyl (C=O) groups is 1. The van der Waals surface area contributed by atoms with Crippen molar-refractivity contribution in [2.45, 2.75) is 35.5 Å². The Morgan fingerprint density at radius 2 is 1.91 bits per heavy atom. The highest BCUT2D eigenvalue weighted by Gasteiger charge is 2.56. The molecule has 2 atom stereocenters. The lowest BCUT2D eigenvalue weighted by atomic mass is 9.83. The minimum absolute atomic E-state index is 0.00618. The number of aliphatic hydroxyl groups excluding tert-OH is 1. The summed E-state index contributed by atoms with van der Waals surface area (Å²) in [7, 11) is -3.20. The number of fused-ring (bicyclic) bond motifs is 2. The number of amides is 1. The molecule has 2 unspecified atom stereocenters. The van der Waals surface area contributed by atoms with E-state index in [-0.39, 0.29) is 23.6 Å². The van der Waals surface area contributed by atoms with Crippen LogP contribution in [0.2, 0.25) is 0 Å². The van der Waals surface area contributed by atoms with Crippen LogP contribution in [-0.2, 0) is 16.4 Å². The second kappa shape index (κ2) is 7.91. The van der Waals surface area contributed by atoms with E-state index < -0.39 is 9.84 Å². The minimum Gasteiger partial charge on any atom is -0.392 e. The first-order valence-corrected chi connectivity index (χ1v) is 12.8. The van der Waals surface area contributed by atoms with E-state index in [2.05, 4.69) is 14.8 Å². The molecule has 1 aromatic carbocycles. The zero-order chi connectivity index (χ0) is 22.5. The molecule has 1 spiro atoms. The zero-order valence-electron chi connectivity index (χ0n) is 18.1. The molecule has 1 aromatic heterocycles. The molecule has 2 aromatic rings. The van der Waals surface area contributed by atoms with E-state index in [1.807, 2.05) is 17.0 Å². The van der Waals surface area contributed by atoms with Crippen molar-refractivity contribution < 1.29 is 18.3 Å². The van der Waals surface area contributed by atoms with Crippen molar-refractivity contribution in [3.8, 4) is 0 Å². The monoisotopic (exact) mass is 456 g/mol. The normalized spacial score (nSPS) is 25.5. The molecule has 1 amide bonds. The van der Waals surface area contributed by atoms with E-state index in [0.717, 1.165) is 25.2 Å². The van der Waals surface area contributed by atoms with Gasteiger partial charge in [0.25, 0.3) is 5.91 Å². The van der Waals surface area contributed by atoms with Crippen molar-refractivity contribution in [1.82, 2.24) is 19.7 Å². The standard InChI is InChI=1S/C23H28N4O4S/c1-32(30,31)21-6-4-17(5-7-21)11-25-14-23(15-25)16-26(12-19-9-20(28)13-27(19)23)22(29)18-3-2-8-24-10-18/h2-8,10,19-20,28H,9,11-16H2,1H3. The maximum Gasteiger partial charge on any atom is 0.255 e. The molecule has 0 radical (unpaired) electrons. The van der Waals surface area contributed by atoms with Gasteiger partial charge in [-0.2, -0.15) is 0 Å². The number of aromatic nitrogens is 1. The quantitative estimate of drug-likeness (QED) is 0.721. The van der Waals surface area contributed by atoms with Gasteiger partial charge in [0.1, 0.15) is 0 Å². The van der Waals surface area contributed by atoms with Crippen LogP contribution in [0, 0.1) is 0 Å². The number of carbonyl (C=O) groups excluding carboxylic acids is 1. The molecule has 1 N–H and O–H groups in total. The van der Waals surface area contributed by atoms with Gasteiger partial charge in [-0.25, -0.2) is 8.42 Å². The topological polar surface area (TPSA) is 94.1 Å². The molecule has 170 valence electrons. The Morgan fingerprint density at radius 1 is 1.16 bits per heavy atom. The predicted molar refractivity (Wildman–Crippen MR) is 119 cm³/mol. The fraction of sp³-hybridized carbons (Fsp3) is 0.478. The first-order valence-electron chi connectivity index (χ1n) is 10.9. The van der Waals surface area contributed by atoms with Crippen LogP contribution in [0.15, 0.2) is 53.7 Å². The third-order valence-electron chi connectivity index (χ3n) is 6.91. The second-order valence-corrected chi connectivity index (χ2v) is 11.4. The lowest BCUT2D eigenvalue weighted by molar-refractivity contribution is -0.108. The molecule has 3 aliphatic rings. The van der Waals surface area contributed by atoms with Crippen LogP contribution in [-0.4, -0.2) is 95.8 Å². The molecule has 0 aliphatic carbocycles. The molecule has 5 rings (SSSR count). The van der Waals surface area contributed by atoms with Crippen molar-refractivity contribution >= 4 is 15.7 Å². The summed E-state index contributed by atoms with van der Waals surface area (Å²) in [4.78, 5) is 24.2. The summed E-state index contributed by atoms with van der Waals surface area (Å²) >= 11 is 0. The highest BCUT2D eigenvalue weighted by Crippen LogP contribution is 2.39. The van der Waals surface area contributed by atoms with Gasteiger partial charge < -0.3 is 10.0 Å². The molecular formula is C23H28N4O4S. The third kappa shape index (κ3) is 3.94. The molecule has 0 saturated carbocycles. The van der Waals surface area contributed by atoms with Crippen LogP contribution in [0.25, 0.3) is 0 Å². The molecule has 32 heavy (non-hydrogen) atoms. The van der Waals surface area contributed by atoms with Crippen LogP contribution in [0.5, 0.6) is 0 Å². The maximum absolute atomic E-state index is 13.1. The van der Waals surface area contributed by atoms with Crippen LogP contribution < -0.4 is 0 Å². The van der Waals surface area contributed by atoms with Gasteiger partial charge in [0.2, 0.25) is 0 Å². The van der Waals surface area contributed by atoms with Crippen molar-refractivity contribution in [1.29, 1.82) is 0 Å². The van der Waals surface area contributed by atoms with Crippen molar-refractivity contribution in [2.24, 2.45) is 0 Å². The fourth-order valence-corrected chi connectivity index (χ4v) is 6.15. The fourth-order valence-electron chi connectivity index (χ4n) is 5.52. The third-order valence-corrected chi connectivity index (χ3v) is 8.04. The molecular weight excluding hydrogens is 428 g/mol. The maximum atomic E-state index is 13.1. The lowest BCUT2D eigenvalue weighted by Crippen LogP contribution is -2.78. The van der Waals surface area contributed by atoms with E-state index in [4.69, 9.17) is 0 Å². The smallest absolute Gasteiger partial charge is 0.255 e. The Hall–Kier alpha value is -2.33. The average Bonchev–Trinajstić information content (AvgIpc) is 3.13. The summed E-state index contributed by atoms with van der Waals surface area (Å²) < 4.78 is 23.4. The Balaban J connectivity index is 1.30. The minimum atomic E-state index is -3.20. The molecule has 0 bridgehead atoms. The lowest BCUT2D eigenvalue weighted by Gasteiger charge is -2.61. The second-order valence-electron chi connectivity index (χ2n) is 9.41. The zero-order valence-corrected chi connectivity index (χ0v) is 18.9. The van der Waals surface area contributed by atoms with Crippen molar-refractivity contribution in [3.63, 3.8) is 0 Å². The van der Waals surface area contributed by atoms with E-state index in [0.29, 0.717) is 36.5 Å². The summed E-state index contributed by atoms with van der Waals surface area (Å²) in [5.41, 5.74) is 1.49. The van der Waals surface area contributed by atoms with Crippen LogP contribution in [0.4, 0.5) is 0 Å². The predicted octanol–water partition coefficient (Wildman–Crippen LogP) is 0.631. The summed E-state index contributed by atoms with van der Waals surface area (Å²) in [6, 6.07) is 10.8. The molecule has 3 aliphatic heterocycles. The van der Waals surface area contributed by atoms with E-state index >= 15 is 0 Å². The average molecular weight is 457 g/mol. The van der Waals surface area contributed by atoms with Gasteiger partial charge in [-0.3, -0.25) is 19.6 Å². The van der Waals surface area contributed by atoms with Crippen LogP contribution in [0.3, 0.4) is 0 Å². The van der Waals surface area contributed by atoms with Gasteiger partial charge in [0.05, 0.1) is 22.1 Å². The number of nitrogens with zero attached hydrogens (tertiary/aromatic N) is 4. The SMILES string of the molecule is CS(=O)(=O)c1ccc(CN2CC3(C2)CN(C(=O)c2cccnc2)CC2CC(O)CN23)cc1. The van der Waals surface area contributed by atoms with E-state index in [1.165, 1.54) is 6.26 Å². The summed E-state index contributed by atoms with van der Waals surface area (Å²) in [5, 5.41) is 10.3. The number of β-amino-alcohol motifs (C(OH)–C–C–N with tert-alkyl or cyclic N) is 1. The number of hydrogen-bond acceptors (Lipinski definition) is 7. The highest BCUT2D eigenvalue weighted by atomic mass is 32.2. The number of likely N-dealkylation sites (tertiary alicyclic amines) is 1. The molecule has 3 saturated heterocycles. The Morgan fingerprint density at radius 3 is 2.56 bits per heavy atom.